The maximum Gasteiger partial charge on any atom is 0.270 e. The number of amides is 1. The molecule has 0 bridgehead atoms. The minimum Gasteiger partial charge on any atom is -0.379 e. The molecule has 1 aliphatic heterocycles. The molecule has 0 saturated carbocycles. The van der Waals surface area contributed by atoms with Gasteiger partial charge in [-0.05, 0) is 33.3 Å². The van der Waals surface area contributed by atoms with Crippen LogP contribution in [0.25, 0.3) is 0 Å². The number of carbonyl (C=O) groups excluding carboxylic acids is 1. The van der Waals surface area contributed by atoms with Crippen LogP contribution < -0.4 is 11.1 Å². The molecule has 1 fully saturated rings. The zero-order chi connectivity index (χ0) is 16.8. The van der Waals surface area contributed by atoms with Gasteiger partial charge in [-0.15, -0.1) is 0 Å². The highest BCUT2D eigenvalue weighted by molar-refractivity contribution is 5.92. The average molecular weight is 320 g/mol. The molecule has 7 heteroatoms. The van der Waals surface area contributed by atoms with Gasteiger partial charge in [-0.2, -0.15) is 0 Å². The number of aryl methyl sites for hydroxylation is 1. The molecular formula is C16H24N4O3. The first-order valence-corrected chi connectivity index (χ1v) is 7.70. The fourth-order valence-electron chi connectivity index (χ4n) is 2.33. The number of rotatable bonds is 5. The van der Waals surface area contributed by atoms with Crippen LogP contribution in [0.1, 0.15) is 36.5 Å². The van der Waals surface area contributed by atoms with E-state index in [1.54, 1.807) is 13.0 Å². The number of hydrogen-bond acceptors (Lipinski definition) is 6. The van der Waals surface area contributed by atoms with Crippen LogP contribution in [0.5, 0.6) is 0 Å². The number of ether oxygens (including phenoxy) is 2. The monoisotopic (exact) mass is 320 g/mol. The summed E-state index contributed by atoms with van der Waals surface area (Å²) in [5.74, 6) is -0.177. The molecule has 2 rings (SSSR count). The predicted molar refractivity (Wildman–Crippen MR) is 87.0 cm³/mol. The van der Waals surface area contributed by atoms with Gasteiger partial charge in [0.1, 0.15) is 11.8 Å². The smallest absolute Gasteiger partial charge is 0.270 e. The van der Waals surface area contributed by atoms with Crippen molar-refractivity contribution in [1.82, 2.24) is 15.3 Å². The Labute approximate surface area is 136 Å². The van der Waals surface area contributed by atoms with Gasteiger partial charge in [-0.3, -0.25) is 4.79 Å². The highest BCUT2D eigenvalue weighted by Gasteiger charge is 2.28. The van der Waals surface area contributed by atoms with E-state index in [0.717, 1.165) is 0 Å². The third-order valence-corrected chi connectivity index (χ3v) is 3.53. The van der Waals surface area contributed by atoms with Gasteiger partial charge in [0, 0.05) is 12.3 Å². The Kier molecular flexibility index (Phi) is 6.06. The van der Waals surface area contributed by atoms with Crippen LogP contribution in [-0.4, -0.2) is 47.8 Å². The summed E-state index contributed by atoms with van der Waals surface area (Å²) in [7, 11) is 0. The molecule has 0 aromatic carbocycles. The Morgan fingerprint density at radius 1 is 1.52 bits per heavy atom. The Morgan fingerprint density at radius 3 is 3.00 bits per heavy atom. The molecule has 2 heterocycles. The maximum atomic E-state index is 12.4. The molecule has 1 aliphatic rings. The van der Waals surface area contributed by atoms with Gasteiger partial charge in [-0.1, -0.05) is 11.6 Å². The fourth-order valence-corrected chi connectivity index (χ4v) is 2.33. The Bertz CT molecular complexity index is 564. The second kappa shape index (κ2) is 8.03. The topological polar surface area (TPSA) is 99.4 Å². The van der Waals surface area contributed by atoms with Crippen LogP contribution in [-0.2, 0) is 9.47 Å². The molecule has 7 nitrogen and oxygen atoms in total. The lowest BCUT2D eigenvalue weighted by atomic mass is 10.1. The lowest BCUT2D eigenvalue weighted by Gasteiger charge is -2.31. The number of aromatic nitrogens is 2. The van der Waals surface area contributed by atoms with E-state index in [1.165, 1.54) is 5.57 Å². The van der Waals surface area contributed by atoms with Crippen molar-refractivity contribution in [1.29, 1.82) is 0 Å². The van der Waals surface area contributed by atoms with Crippen molar-refractivity contribution >= 4 is 11.9 Å². The summed E-state index contributed by atoms with van der Waals surface area (Å²) in [6.07, 6.45) is 2.52. The van der Waals surface area contributed by atoms with E-state index in [9.17, 15) is 4.79 Å². The third kappa shape index (κ3) is 5.30. The molecule has 23 heavy (non-hydrogen) atoms. The van der Waals surface area contributed by atoms with E-state index in [-0.39, 0.29) is 29.7 Å². The normalized spacial score (nSPS) is 20.8. The summed E-state index contributed by atoms with van der Waals surface area (Å²) < 4.78 is 11.3. The molecule has 0 radical (unpaired) electrons. The fraction of sp³-hybridized carbons (Fsp3) is 0.562. The summed E-state index contributed by atoms with van der Waals surface area (Å²) in [5.41, 5.74) is 7.71. The standard InChI is InChI=1S/C16H24N4O3/c1-10(2)4-7-23-14-9-22-6-5-12(14)19-15(21)13-8-11(3)18-16(17)20-13/h4,8,12,14H,5-7,9H2,1-3H3,(H,19,21)(H2,17,18,20)/t12-,14-/m1/s1. The minimum absolute atomic E-state index is 0.0958. The zero-order valence-electron chi connectivity index (χ0n) is 13.8. The van der Waals surface area contributed by atoms with E-state index in [0.29, 0.717) is 31.9 Å². The minimum atomic E-state index is -0.273. The molecule has 3 N–H and O–H groups in total. The van der Waals surface area contributed by atoms with Crippen molar-refractivity contribution in [2.45, 2.75) is 39.3 Å². The first-order chi connectivity index (χ1) is 11.0. The summed E-state index contributed by atoms with van der Waals surface area (Å²) in [6, 6.07) is 1.50. The quantitative estimate of drug-likeness (QED) is 0.792. The second-order valence-corrected chi connectivity index (χ2v) is 5.85. The van der Waals surface area contributed by atoms with Crippen LogP contribution in [0.2, 0.25) is 0 Å². The summed E-state index contributed by atoms with van der Waals surface area (Å²) in [6.45, 7) is 7.37. The summed E-state index contributed by atoms with van der Waals surface area (Å²) in [5, 5.41) is 2.97. The first kappa shape index (κ1) is 17.4. The number of allylic oxidation sites excluding steroid dienone is 1. The van der Waals surface area contributed by atoms with Crippen molar-refractivity contribution in [2.24, 2.45) is 0 Å². The van der Waals surface area contributed by atoms with Gasteiger partial charge in [-0.25, -0.2) is 9.97 Å². The zero-order valence-corrected chi connectivity index (χ0v) is 13.8. The lowest BCUT2D eigenvalue weighted by Crippen LogP contribution is -2.50. The second-order valence-electron chi connectivity index (χ2n) is 5.85. The van der Waals surface area contributed by atoms with Gasteiger partial charge >= 0.3 is 0 Å². The van der Waals surface area contributed by atoms with Gasteiger partial charge in [0.15, 0.2) is 0 Å². The van der Waals surface area contributed by atoms with Crippen molar-refractivity contribution in [3.8, 4) is 0 Å². The Morgan fingerprint density at radius 2 is 2.30 bits per heavy atom. The van der Waals surface area contributed by atoms with Crippen molar-refractivity contribution < 1.29 is 14.3 Å². The predicted octanol–water partition coefficient (Wildman–Crippen LogP) is 1.24. The molecule has 0 spiro atoms. The molecule has 126 valence electrons. The first-order valence-electron chi connectivity index (χ1n) is 7.70. The van der Waals surface area contributed by atoms with E-state index in [4.69, 9.17) is 15.2 Å². The largest absolute Gasteiger partial charge is 0.379 e. The van der Waals surface area contributed by atoms with Gasteiger partial charge in [0.2, 0.25) is 5.95 Å². The van der Waals surface area contributed by atoms with Gasteiger partial charge < -0.3 is 20.5 Å². The molecule has 1 aromatic rings. The van der Waals surface area contributed by atoms with Crippen LogP contribution in [0.3, 0.4) is 0 Å². The molecule has 0 unspecified atom stereocenters. The van der Waals surface area contributed by atoms with Gasteiger partial charge in [0.25, 0.3) is 5.91 Å². The summed E-state index contributed by atoms with van der Waals surface area (Å²) in [4.78, 5) is 20.3. The lowest BCUT2D eigenvalue weighted by molar-refractivity contribution is -0.0589. The highest BCUT2D eigenvalue weighted by Crippen LogP contribution is 2.13. The van der Waals surface area contributed by atoms with Crippen molar-refractivity contribution in [2.75, 3.05) is 25.6 Å². The SMILES string of the molecule is CC(C)=CCO[C@@H]1COCC[C@H]1NC(=O)c1cc(C)nc(N)n1. The number of nitrogens with zero attached hydrogens (tertiary/aromatic N) is 2. The Balaban J connectivity index is 2.00. The molecule has 2 atom stereocenters. The van der Waals surface area contributed by atoms with Crippen molar-refractivity contribution in [3.63, 3.8) is 0 Å². The number of hydrogen-bond donors (Lipinski definition) is 2. The summed E-state index contributed by atoms with van der Waals surface area (Å²) >= 11 is 0. The van der Waals surface area contributed by atoms with Crippen LogP contribution in [0, 0.1) is 6.92 Å². The molecule has 1 amide bonds. The number of nitrogen functional groups attached to an aromatic ring is 1. The van der Waals surface area contributed by atoms with E-state index >= 15 is 0 Å². The number of nitrogens with two attached hydrogens (primary N) is 1. The molecule has 1 aromatic heterocycles. The Hall–Kier alpha value is -1.99. The third-order valence-electron chi connectivity index (χ3n) is 3.53. The van der Waals surface area contributed by atoms with E-state index in [1.807, 2.05) is 19.9 Å². The highest BCUT2D eigenvalue weighted by atomic mass is 16.5. The van der Waals surface area contributed by atoms with Crippen LogP contribution in [0.15, 0.2) is 17.7 Å². The molecule has 0 aliphatic carbocycles. The van der Waals surface area contributed by atoms with E-state index in [2.05, 4.69) is 15.3 Å². The van der Waals surface area contributed by atoms with Crippen molar-refractivity contribution in [3.05, 3.63) is 29.1 Å². The molecule has 1 saturated heterocycles. The van der Waals surface area contributed by atoms with Crippen LogP contribution in [0.4, 0.5) is 5.95 Å². The molecular weight excluding hydrogens is 296 g/mol. The number of anilines is 1. The van der Waals surface area contributed by atoms with E-state index < -0.39 is 0 Å². The average Bonchev–Trinajstić information content (AvgIpc) is 2.47. The number of carbonyl (C=O) groups is 1. The number of nitrogens with one attached hydrogen (secondary N) is 1. The van der Waals surface area contributed by atoms with Crippen LogP contribution >= 0.6 is 0 Å². The van der Waals surface area contributed by atoms with Gasteiger partial charge in [0.05, 0.1) is 19.3 Å². The maximum absolute atomic E-state index is 12.4.